The maximum Gasteiger partial charge on any atom is 0.222 e. The molecule has 1 amide bonds. The molecule has 0 atom stereocenters. The summed E-state index contributed by atoms with van der Waals surface area (Å²) in [6.07, 6.45) is 2.06. The summed E-state index contributed by atoms with van der Waals surface area (Å²) in [4.78, 5) is 16.3. The van der Waals surface area contributed by atoms with Crippen LogP contribution in [0.15, 0.2) is 24.3 Å². The molecule has 1 fully saturated rings. The van der Waals surface area contributed by atoms with Crippen molar-refractivity contribution in [2.45, 2.75) is 19.3 Å². The minimum absolute atomic E-state index is 0.158. The molecule has 5 heteroatoms. The zero-order valence-corrected chi connectivity index (χ0v) is 12.3. The molecule has 1 aromatic carbocycles. The molecular weight excluding hydrogens is 271 g/mol. The van der Waals surface area contributed by atoms with E-state index in [0.717, 1.165) is 38.2 Å². The molecule has 1 N–H and O–H groups in total. The Morgan fingerprint density at radius 3 is 2.62 bits per heavy atom. The summed E-state index contributed by atoms with van der Waals surface area (Å²) in [7, 11) is 0. The first-order chi connectivity index (χ1) is 10.2. The number of aliphatic hydroxyl groups excluding tert-OH is 1. The van der Waals surface area contributed by atoms with E-state index in [1.54, 1.807) is 12.1 Å². The van der Waals surface area contributed by atoms with Crippen LogP contribution in [0.5, 0.6) is 0 Å². The zero-order chi connectivity index (χ0) is 15.1. The number of rotatable bonds is 5. The highest BCUT2D eigenvalue weighted by Crippen LogP contribution is 2.09. The average Bonchev–Trinajstić information content (AvgIpc) is 2.72. The molecule has 1 aliphatic rings. The van der Waals surface area contributed by atoms with Gasteiger partial charge >= 0.3 is 0 Å². The van der Waals surface area contributed by atoms with Gasteiger partial charge in [0.25, 0.3) is 0 Å². The predicted octanol–water partition coefficient (Wildman–Crippen LogP) is 1.28. The van der Waals surface area contributed by atoms with Crippen molar-refractivity contribution in [3.05, 3.63) is 35.6 Å². The number of aliphatic hydroxyl groups is 1. The van der Waals surface area contributed by atoms with Crippen LogP contribution in [-0.4, -0.2) is 60.1 Å². The van der Waals surface area contributed by atoms with Gasteiger partial charge in [0.1, 0.15) is 5.82 Å². The summed E-state index contributed by atoms with van der Waals surface area (Å²) in [5.41, 5.74) is 0.987. The number of amides is 1. The lowest BCUT2D eigenvalue weighted by molar-refractivity contribution is -0.131. The average molecular weight is 294 g/mol. The van der Waals surface area contributed by atoms with E-state index in [2.05, 4.69) is 4.90 Å². The Morgan fingerprint density at radius 2 is 1.90 bits per heavy atom. The second-order valence-corrected chi connectivity index (χ2v) is 5.43. The van der Waals surface area contributed by atoms with Crippen molar-refractivity contribution >= 4 is 5.91 Å². The van der Waals surface area contributed by atoms with Gasteiger partial charge in [-0.15, -0.1) is 0 Å². The van der Waals surface area contributed by atoms with Gasteiger partial charge in [-0.3, -0.25) is 9.69 Å². The third-order valence-corrected chi connectivity index (χ3v) is 3.90. The molecule has 1 aliphatic heterocycles. The summed E-state index contributed by atoms with van der Waals surface area (Å²) in [5.74, 6) is -0.0910. The van der Waals surface area contributed by atoms with Crippen molar-refractivity contribution in [3.8, 4) is 0 Å². The predicted molar refractivity (Wildman–Crippen MR) is 79.4 cm³/mol. The Kier molecular flexibility index (Phi) is 6.14. The summed E-state index contributed by atoms with van der Waals surface area (Å²) in [6, 6.07) is 6.32. The smallest absolute Gasteiger partial charge is 0.222 e. The molecule has 0 bridgehead atoms. The van der Waals surface area contributed by atoms with Crippen LogP contribution < -0.4 is 0 Å². The van der Waals surface area contributed by atoms with Crippen LogP contribution in [0, 0.1) is 5.82 Å². The van der Waals surface area contributed by atoms with Crippen LogP contribution in [0.1, 0.15) is 18.4 Å². The van der Waals surface area contributed by atoms with E-state index in [4.69, 9.17) is 5.11 Å². The zero-order valence-electron chi connectivity index (χ0n) is 12.3. The Hall–Kier alpha value is -1.46. The van der Waals surface area contributed by atoms with Crippen molar-refractivity contribution in [2.24, 2.45) is 0 Å². The second kappa shape index (κ2) is 8.10. The van der Waals surface area contributed by atoms with E-state index in [1.165, 1.54) is 12.1 Å². The first-order valence-electron chi connectivity index (χ1n) is 7.54. The Labute approximate surface area is 125 Å². The lowest BCUT2D eigenvalue weighted by atomic mass is 10.1. The van der Waals surface area contributed by atoms with E-state index in [9.17, 15) is 9.18 Å². The van der Waals surface area contributed by atoms with Crippen LogP contribution >= 0.6 is 0 Å². The highest BCUT2D eigenvalue weighted by molar-refractivity contribution is 5.76. The first-order valence-corrected chi connectivity index (χ1v) is 7.54. The standard InChI is InChI=1S/C16H23FN2O2/c17-15-5-2-14(3-6-15)4-7-16(21)19-9-1-8-18(10-11-19)12-13-20/h2-3,5-6,20H,1,4,7-13H2. The lowest BCUT2D eigenvalue weighted by Gasteiger charge is -2.21. The molecule has 2 rings (SSSR count). The van der Waals surface area contributed by atoms with Gasteiger partial charge in [-0.1, -0.05) is 12.1 Å². The molecule has 116 valence electrons. The number of aryl methyl sites for hydroxylation is 1. The fourth-order valence-electron chi connectivity index (χ4n) is 2.65. The number of benzene rings is 1. The number of halogens is 1. The molecule has 0 unspecified atom stereocenters. The van der Waals surface area contributed by atoms with Crippen LogP contribution in [0.25, 0.3) is 0 Å². The highest BCUT2D eigenvalue weighted by Gasteiger charge is 2.18. The van der Waals surface area contributed by atoms with E-state index in [0.29, 0.717) is 19.4 Å². The molecule has 0 aliphatic carbocycles. The van der Waals surface area contributed by atoms with Crippen molar-refractivity contribution in [1.29, 1.82) is 0 Å². The number of carbonyl (C=O) groups is 1. The number of carbonyl (C=O) groups excluding carboxylic acids is 1. The van der Waals surface area contributed by atoms with Crippen molar-refractivity contribution in [3.63, 3.8) is 0 Å². The molecule has 1 heterocycles. The number of hydrogen-bond acceptors (Lipinski definition) is 3. The highest BCUT2D eigenvalue weighted by atomic mass is 19.1. The molecule has 0 spiro atoms. The van der Waals surface area contributed by atoms with Gasteiger partial charge in [0.05, 0.1) is 6.61 Å². The Bertz CT molecular complexity index is 450. The maximum absolute atomic E-state index is 12.8. The molecule has 0 aromatic heterocycles. The lowest BCUT2D eigenvalue weighted by Crippen LogP contribution is -2.36. The third-order valence-electron chi connectivity index (χ3n) is 3.90. The largest absolute Gasteiger partial charge is 0.395 e. The summed E-state index contributed by atoms with van der Waals surface area (Å²) in [6.45, 7) is 4.10. The van der Waals surface area contributed by atoms with Crippen molar-refractivity contribution < 1.29 is 14.3 Å². The number of nitrogens with zero attached hydrogens (tertiary/aromatic N) is 2. The number of hydrogen-bond donors (Lipinski definition) is 1. The van der Waals surface area contributed by atoms with Crippen LogP contribution in [-0.2, 0) is 11.2 Å². The van der Waals surface area contributed by atoms with E-state index < -0.39 is 0 Å². The minimum Gasteiger partial charge on any atom is -0.395 e. The van der Waals surface area contributed by atoms with E-state index in [-0.39, 0.29) is 18.3 Å². The van der Waals surface area contributed by atoms with Gasteiger partial charge in [-0.25, -0.2) is 4.39 Å². The van der Waals surface area contributed by atoms with Gasteiger partial charge in [0.15, 0.2) is 0 Å². The van der Waals surface area contributed by atoms with Crippen LogP contribution in [0.2, 0.25) is 0 Å². The SMILES string of the molecule is O=C(CCc1ccc(F)cc1)N1CCCN(CCO)CC1. The summed E-state index contributed by atoms with van der Waals surface area (Å²) >= 11 is 0. The third kappa shape index (κ3) is 5.10. The fraction of sp³-hybridized carbons (Fsp3) is 0.562. The maximum atomic E-state index is 12.8. The minimum atomic E-state index is -0.249. The molecule has 0 saturated carbocycles. The molecule has 1 aromatic rings. The molecule has 21 heavy (non-hydrogen) atoms. The Balaban J connectivity index is 1.79. The molecule has 4 nitrogen and oxygen atoms in total. The molecule has 1 saturated heterocycles. The molecular formula is C16H23FN2O2. The first kappa shape index (κ1) is 15.9. The van der Waals surface area contributed by atoms with E-state index >= 15 is 0 Å². The molecule has 0 radical (unpaired) electrons. The summed E-state index contributed by atoms with van der Waals surface area (Å²) in [5, 5.41) is 8.97. The van der Waals surface area contributed by atoms with E-state index in [1.807, 2.05) is 4.90 Å². The van der Waals surface area contributed by atoms with Crippen molar-refractivity contribution in [2.75, 3.05) is 39.3 Å². The van der Waals surface area contributed by atoms with Gasteiger partial charge < -0.3 is 10.0 Å². The summed E-state index contributed by atoms with van der Waals surface area (Å²) < 4.78 is 12.8. The monoisotopic (exact) mass is 294 g/mol. The van der Waals surface area contributed by atoms with Crippen LogP contribution in [0.4, 0.5) is 4.39 Å². The Morgan fingerprint density at radius 1 is 1.14 bits per heavy atom. The number of β-amino-alcohol motifs (C(OH)–C–C–N with tert-alkyl or cyclic N) is 1. The van der Waals surface area contributed by atoms with Gasteiger partial charge in [-0.2, -0.15) is 0 Å². The van der Waals surface area contributed by atoms with Crippen LogP contribution in [0.3, 0.4) is 0 Å². The second-order valence-electron chi connectivity index (χ2n) is 5.43. The van der Waals surface area contributed by atoms with Gasteiger partial charge in [-0.05, 0) is 37.1 Å². The topological polar surface area (TPSA) is 43.8 Å². The van der Waals surface area contributed by atoms with Crippen molar-refractivity contribution in [1.82, 2.24) is 9.80 Å². The normalized spacial score (nSPS) is 16.8. The fourth-order valence-corrected chi connectivity index (χ4v) is 2.65. The van der Waals surface area contributed by atoms with Gasteiger partial charge in [0, 0.05) is 32.6 Å². The van der Waals surface area contributed by atoms with Gasteiger partial charge in [0.2, 0.25) is 5.91 Å². The quantitative estimate of drug-likeness (QED) is 0.890.